The van der Waals surface area contributed by atoms with Crippen molar-refractivity contribution >= 4 is 29.1 Å². The highest BCUT2D eigenvalue weighted by Crippen LogP contribution is 2.51. The molecule has 0 saturated heterocycles. The minimum absolute atomic E-state index is 0. The number of benzene rings is 12. The van der Waals surface area contributed by atoms with Crippen molar-refractivity contribution < 1.29 is 17.0 Å². The quantitative estimate of drug-likeness (QED) is 0.0494. The molecule has 4 nitrogen and oxygen atoms in total. The fraction of sp³-hybridized carbons (Fsp3) is 0.305. The summed E-state index contributed by atoms with van der Waals surface area (Å²) in [5.41, 5.74) is 44.2. The summed E-state index contributed by atoms with van der Waals surface area (Å²) in [6.07, 6.45) is 2.48. The second kappa shape index (κ2) is 35.8. The van der Waals surface area contributed by atoms with E-state index in [1.807, 2.05) is 0 Å². The molecule has 0 saturated carbocycles. The molecule has 2 N–H and O–H groups in total. The largest absolute Gasteiger partial charge is 1.00 e. The predicted molar refractivity (Wildman–Crippen MR) is 469 cm³/mol. The van der Waals surface area contributed by atoms with E-state index in [2.05, 4.69) is 408 Å². The first-order chi connectivity index (χ1) is 52.5. The van der Waals surface area contributed by atoms with Gasteiger partial charge in [0.25, 0.3) is 0 Å². The van der Waals surface area contributed by atoms with Crippen LogP contribution in [-0.4, -0.2) is 37.1 Å². The summed E-state index contributed by atoms with van der Waals surface area (Å²) < 4.78 is 2.63. The molecule has 0 aliphatic carbocycles. The van der Waals surface area contributed by atoms with Crippen LogP contribution in [0.4, 0.5) is 22.7 Å². The van der Waals surface area contributed by atoms with E-state index in [1.165, 1.54) is 179 Å². The van der Waals surface area contributed by atoms with Gasteiger partial charge in [-0.1, -0.05) is 298 Å². The Morgan fingerprint density at radius 3 is 0.655 bits per heavy atom. The van der Waals surface area contributed by atoms with Crippen LogP contribution in [0.3, 0.4) is 0 Å². The fourth-order valence-corrected chi connectivity index (χ4v) is 18.5. The van der Waals surface area contributed by atoms with E-state index in [0.717, 1.165) is 26.2 Å². The normalized spacial score (nSPS) is 14.2. The Morgan fingerprint density at radius 1 is 0.255 bits per heavy atom. The van der Waals surface area contributed by atoms with Crippen LogP contribution >= 0.6 is 0 Å². The van der Waals surface area contributed by atoms with Crippen LogP contribution in [0.15, 0.2) is 243 Å². The topological polar surface area (TPSA) is 30.3 Å². The van der Waals surface area contributed by atoms with Gasteiger partial charge in [-0.2, -0.15) is 0 Å². The van der Waals surface area contributed by atoms with Crippen molar-refractivity contribution in [1.29, 1.82) is 0 Å². The van der Waals surface area contributed by atoms with Crippen LogP contribution in [0.25, 0.3) is 0 Å². The average Bonchev–Trinajstić information content (AvgIpc) is 1.25. The van der Waals surface area contributed by atoms with Gasteiger partial charge in [-0.15, -0.1) is 0 Å². The number of anilines is 3. The molecule has 0 spiro atoms. The molecule has 8 atom stereocenters. The summed E-state index contributed by atoms with van der Waals surface area (Å²) in [5, 5.41) is 8.20. The standard InChI is InChI=1S/C53H59N2.C52H60N2.ClH/c1-34-36(3)48(40(7)44-23-15-11-16-24-44)52(49(37(34)4)41(8)45-25-17-12-18-26-45)54-31-32-55(33-54)53-50(42(9)46-27-19-13-20-28-46)38(5)35(2)39(6)51(53)43(10)47-29-21-14-22-30-47;1-33-35(3)47(39(7)43-23-15-11-16-24-43)51(48(36(33)4)40(8)44-25-17-12-18-26-44)53-31-32-54-52-49(41(9)45-27-19-13-20-28-45)37(5)34(2)38(6)50(52)42(10)46-29-21-14-22-30-46;/h11-30,33,40-43H,31-32H2,1-10H3;11-30,39-42,53-54H,31-32H2,1-10H3;1H/q+1;;/p-1/t40-,41-,42-,43-;39-,40-,41-,42-;/m11./s1. The lowest BCUT2D eigenvalue weighted by atomic mass is 9.78. The third-order valence-electron chi connectivity index (χ3n) is 25.9. The van der Waals surface area contributed by atoms with Crippen molar-refractivity contribution in [3.63, 3.8) is 0 Å². The third-order valence-corrected chi connectivity index (χ3v) is 25.9. The van der Waals surface area contributed by atoms with Crippen LogP contribution in [-0.2, 0) is 0 Å². The van der Waals surface area contributed by atoms with E-state index >= 15 is 0 Å². The number of nitrogens with one attached hydrogen (secondary N) is 2. The molecule has 5 heteroatoms. The average molecular weight is 1470 g/mol. The Kier molecular flexibility index (Phi) is 26.4. The highest BCUT2D eigenvalue weighted by atomic mass is 35.5. The van der Waals surface area contributed by atoms with E-state index in [9.17, 15) is 0 Å². The van der Waals surface area contributed by atoms with E-state index in [0.29, 0.717) is 0 Å². The Hall–Kier alpha value is -10.0. The molecule has 110 heavy (non-hydrogen) atoms. The third kappa shape index (κ3) is 16.3. The van der Waals surface area contributed by atoms with Gasteiger partial charge in [-0.3, -0.25) is 0 Å². The molecular formula is C105H119ClN4. The first kappa shape index (κ1) is 81.0. The van der Waals surface area contributed by atoms with Gasteiger partial charge in [0.15, 0.2) is 0 Å². The molecule has 1 aliphatic heterocycles. The highest BCUT2D eigenvalue weighted by Gasteiger charge is 2.39. The summed E-state index contributed by atoms with van der Waals surface area (Å²) >= 11 is 0. The zero-order valence-corrected chi connectivity index (χ0v) is 70.1. The van der Waals surface area contributed by atoms with Crippen LogP contribution < -0.4 is 27.9 Å². The van der Waals surface area contributed by atoms with Crippen molar-refractivity contribution in [2.75, 3.05) is 41.7 Å². The van der Waals surface area contributed by atoms with E-state index in [1.54, 1.807) is 0 Å². The van der Waals surface area contributed by atoms with Gasteiger partial charge in [0.1, 0.15) is 24.5 Å². The Morgan fingerprint density at radius 2 is 0.436 bits per heavy atom. The molecule has 12 aromatic rings. The Bertz CT molecular complexity index is 4700. The molecular weight excluding hydrogens is 1350 g/mol. The maximum Gasteiger partial charge on any atom is 0.244 e. The summed E-state index contributed by atoms with van der Waals surface area (Å²) in [5.74, 6) is 1.86. The van der Waals surface area contributed by atoms with Gasteiger partial charge in [-0.25, -0.2) is 9.48 Å². The molecule has 0 amide bonds. The number of halogens is 1. The summed E-state index contributed by atoms with van der Waals surface area (Å²) in [4.78, 5) is 2.63. The van der Waals surface area contributed by atoms with Gasteiger partial charge < -0.3 is 23.0 Å². The lowest BCUT2D eigenvalue weighted by molar-refractivity contribution is -0.425. The number of rotatable bonds is 23. The Balaban J connectivity index is 0.000000216. The van der Waals surface area contributed by atoms with Crippen LogP contribution in [0.1, 0.15) is 259 Å². The van der Waals surface area contributed by atoms with Crippen molar-refractivity contribution in [3.8, 4) is 0 Å². The monoisotopic (exact) mass is 1470 g/mol. The lowest BCUT2D eigenvalue weighted by Gasteiger charge is -2.31. The van der Waals surface area contributed by atoms with E-state index in [-0.39, 0.29) is 59.8 Å². The van der Waals surface area contributed by atoms with E-state index < -0.39 is 0 Å². The summed E-state index contributed by atoms with van der Waals surface area (Å²) in [6.45, 7) is 50.6. The molecule has 1 heterocycles. The van der Waals surface area contributed by atoms with Gasteiger partial charge in [0, 0.05) is 94.1 Å². The maximum atomic E-state index is 4.10. The maximum absolute atomic E-state index is 4.10. The second-order valence-corrected chi connectivity index (χ2v) is 31.7. The van der Waals surface area contributed by atoms with E-state index in [4.69, 9.17) is 0 Å². The number of hydrogen-bond donors (Lipinski definition) is 2. The van der Waals surface area contributed by atoms with Gasteiger partial charge in [0.2, 0.25) is 6.34 Å². The van der Waals surface area contributed by atoms with Crippen LogP contribution in [0.2, 0.25) is 0 Å². The van der Waals surface area contributed by atoms with Crippen molar-refractivity contribution in [3.05, 3.63) is 398 Å². The van der Waals surface area contributed by atoms with Gasteiger partial charge in [0.05, 0.1) is 0 Å². The molecule has 0 aromatic heterocycles. The van der Waals surface area contributed by atoms with Crippen LogP contribution in [0.5, 0.6) is 0 Å². The smallest absolute Gasteiger partial charge is 0.244 e. The zero-order valence-electron chi connectivity index (χ0n) is 69.4. The Labute approximate surface area is 667 Å². The molecule has 0 fully saturated rings. The summed E-state index contributed by atoms with van der Waals surface area (Å²) in [6, 6.07) is 88.4. The van der Waals surface area contributed by atoms with Gasteiger partial charge >= 0.3 is 0 Å². The van der Waals surface area contributed by atoms with Crippen molar-refractivity contribution in [2.45, 2.75) is 186 Å². The highest BCUT2D eigenvalue weighted by molar-refractivity contribution is 5.86. The molecule has 0 unspecified atom stereocenters. The molecule has 0 radical (unpaired) electrons. The zero-order chi connectivity index (χ0) is 77.5. The molecule has 1 aliphatic rings. The minimum Gasteiger partial charge on any atom is -1.00 e. The first-order valence-electron chi connectivity index (χ1n) is 40.3. The SMILES string of the molecule is Cc1c(C)c([C@H](C)c2ccccc2)c(N2C=[N+](c3c([C@H](C)c4ccccc4)c(C)c(C)c(C)c3[C@H](C)c3ccccc3)CC2)c([C@H](C)c2ccccc2)c1C.Cc1c(C)c([C@H](C)c2ccccc2)c(NCCNc2c([C@H](C)c3ccccc3)c(C)c(C)c(C)c2[C@H](C)c2ccccc2)c([C@H](C)c2ccccc2)c1C.[Cl-]. The molecule has 566 valence electrons. The van der Waals surface area contributed by atoms with Crippen molar-refractivity contribution in [2.24, 2.45) is 0 Å². The lowest BCUT2D eigenvalue weighted by Crippen LogP contribution is -3.00. The predicted octanol–water partition coefficient (Wildman–Crippen LogP) is 24.0. The molecule has 0 bridgehead atoms. The minimum atomic E-state index is 0. The van der Waals surface area contributed by atoms with Crippen LogP contribution in [0, 0.1) is 83.1 Å². The van der Waals surface area contributed by atoms with Gasteiger partial charge in [-0.05, 0) is 217 Å². The number of nitrogens with zero attached hydrogens (tertiary/aromatic N) is 2. The fourth-order valence-electron chi connectivity index (χ4n) is 18.5. The first-order valence-corrected chi connectivity index (χ1v) is 40.3. The summed E-state index contributed by atoms with van der Waals surface area (Å²) in [7, 11) is 0. The van der Waals surface area contributed by atoms with Crippen molar-refractivity contribution in [1.82, 2.24) is 0 Å². The number of hydrogen-bond acceptors (Lipinski definition) is 3. The second-order valence-electron chi connectivity index (χ2n) is 31.7. The molecule has 13 rings (SSSR count). The molecule has 12 aromatic carbocycles.